The third-order valence-corrected chi connectivity index (χ3v) is 17.2. The molecule has 11 aromatic rings. The normalized spacial score (nSPS) is 17.5. The van der Waals surface area contributed by atoms with Crippen LogP contribution in [-0.2, 0) is 27.1 Å². The van der Waals surface area contributed by atoms with Crippen LogP contribution < -0.4 is 14.5 Å². The molecule has 5 heteroatoms. The van der Waals surface area contributed by atoms with Gasteiger partial charge in [-0.2, -0.15) is 0 Å². The molecule has 3 heterocycles. The quantitative estimate of drug-likeness (QED) is 0.144. The van der Waals surface area contributed by atoms with E-state index in [-0.39, 0.29) is 105 Å². The van der Waals surface area contributed by atoms with Crippen LogP contribution in [0.3, 0.4) is 0 Å². The molecule has 0 spiro atoms. The molecule has 9 aromatic carbocycles. The summed E-state index contributed by atoms with van der Waals surface area (Å²) in [6.07, 6.45) is 2.95. The van der Waals surface area contributed by atoms with E-state index >= 15 is 0 Å². The lowest BCUT2D eigenvalue weighted by Gasteiger charge is -2.42. The number of hydrogen-bond donors (Lipinski definition) is 0. The Morgan fingerprint density at radius 1 is 0.471 bits per heavy atom. The van der Waals surface area contributed by atoms with Gasteiger partial charge < -0.3 is 14.5 Å². The van der Waals surface area contributed by atoms with Gasteiger partial charge in [0.15, 0.2) is 0 Å². The van der Waals surface area contributed by atoms with Crippen LogP contribution in [0.4, 0.5) is 22.7 Å². The minimum Gasteiger partial charge on any atom is -0.457 e. The molecule has 2 aromatic heterocycles. The molecule has 1 aliphatic carbocycles. The van der Waals surface area contributed by atoms with Crippen molar-refractivity contribution in [3.63, 3.8) is 0 Å². The predicted molar refractivity (Wildman–Crippen MR) is 360 cm³/mol. The maximum absolute atomic E-state index is 10.5. The molecule has 2 aliphatic rings. The second-order valence-electron chi connectivity index (χ2n) is 27.2. The largest absolute Gasteiger partial charge is 0.457 e. The second-order valence-corrected chi connectivity index (χ2v) is 27.2. The van der Waals surface area contributed by atoms with Gasteiger partial charge in [0, 0.05) is 51.5 Å². The Morgan fingerprint density at radius 3 is 1.78 bits per heavy atom. The van der Waals surface area contributed by atoms with E-state index in [2.05, 4.69) is 58.3 Å². The average molecular weight is 1130 g/mol. The van der Waals surface area contributed by atoms with Gasteiger partial charge in [0.1, 0.15) is 24.0 Å². The molecule has 0 N–H and O–H groups in total. The highest BCUT2D eigenvalue weighted by Crippen LogP contribution is 2.54. The third kappa shape index (κ3) is 10.2. The lowest BCUT2D eigenvalue weighted by atomic mass is 9.63. The van der Waals surface area contributed by atoms with Gasteiger partial charge in [-0.25, -0.2) is 4.98 Å². The van der Waals surface area contributed by atoms with E-state index < -0.39 is 64.0 Å². The number of aromatic nitrogens is 2. The second kappa shape index (κ2) is 20.5. The lowest BCUT2D eigenvalue weighted by Crippen LogP contribution is -2.33. The number of benzene rings is 9. The standard InChI is InChI=1S/C80H80N4O/c1-76(2,3)57-37-34-53(35-38-57)52-30-32-55(33-31-52)64-45-58(77(4,5)6)46-65(56-36-41-67-69(44-56)80(12,13)43-42-79(67,10)11)75(64)83-51-82(71-28-19-20-29-72(71)83)59-24-21-25-60(47-59)85-61-39-40-63-62-26-17-18-27-70(62)84(73(63)48-61)74-49-68(78(7,8)9)66(50-81-74)54-22-15-14-16-23-54/h14-41,44-50H,42-43,51H2,1-13H3/i14D,15D,16D,17D,18D,22D,23D,26D,27D,30D,31D,32D,33D,36D,41D,44D. The molecule has 0 amide bonds. The van der Waals surface area contributed by atoms with Gasteiger partial charge in [0.25, 0.3) is 0 Å². The number of pyridine rings is 1. The smallest absolute Gasteiger partial charge is 0.137 e. The van der Waals surface area contributed by atoms with Crippen LogP contribution in [0.2, 0.25) is 0 Å². The maximum atomic E-state index is 10.5. The fourth-order valence-electron chi connectivity index (χ4n) is 12.1. The average Bonchev–Trinajstić information content (AvgIpc) is 1.68. The van der Waals surface area contributed by atoms with Gasteiger partial charge in [-0.1, -0.05) is 223 Å². The molecule has 0 atom stereocenters. The predicted octanol–water partition coefficient (Wildman–Crippen LogP) is 22.1. The summed E-state index contributed by atoms with van der Waals surface area (Å²) in [6, 6.07) is 29.0. The molecule has 0 saturated heterocycles. The molecule has 5 nitrogen and oxygen atoms in total. The van der Waals surface area contributed by atoms with Crippen molar-refractivity contribution in [2.24, 2.45) is 0 Å². The Kier molecular flexibility index (Phi) is 9.62. The summed E-state index contributed by atoms with van der Waals surface area (Å²) >= 11 is 0. The molecular weight excluding hydrogens is 1030 g/mol. The number of para-hydroxylation sites is 3. The van der Waals surface area contributed by atoms with Crippen LogP contribution in [0.1, 0.15) is 153 Å². The van der Waals surface area contributed by atoms with Crippen LogP contribution in [0, 0.1) is 0 Å². The van der Waals surface area contributed by atoms with Gasteiger partial charge in [-0.15, -0.1) is 0 Å². The Bertz CT molecular complexity index is 5290. The Morgan fingerprint density at radius 2 is 1.08 bits per heavy atom. The van der Waals surface area contributed by atoms with Crippen molar-refractivity contribution in [3.05, 3.63) is 240 Å². The highest BCUT2D eigenvalue weighted by molar-refractivity contribution is 6.09. The van der Waals surface area contributed by atoms with Gasteiger partial charge in [0.2, 0.25) is 0 Å². The first-order valence-electron chi connectivity index (χ1n) is 37.3. The zero-order valence-corrected chi connectivity index (χ0v) is 50.8. The molecule has 0 saturated carbocycles. The van der Waals surface area contributed by atoms with E-state index in [1.807, 2.05) is 120 Å². The van der Waals surface area contributed by atoms with Crippen molar-refractivity contribution in [2.75, 3.05) is 16.5 Å². The summed E-state index contributed by atoms with van der Waals surface area (Å²) in [7, 11) is 0. The van der Waals surface area contributed by atoms with Crippen LogP contribution in [0.25, 0.3) is 72.1 Å². The summed E-state index contributed by atoms with van der Waals surface area (Å²) in [6.45, 7) is 26.7. The van der Waals surface area contributed by atoms with Gasteiger partial charge in [0.05, 0.1) is 50.0 Å². The Balaban J connectivity index is 0.986. The van der Waals surface area contributed by atoms with Crippen molar-refractivity contribution in [1.82, 2.24) is 9.55 Å². The maximum Gasteiger partial charge on any atom is 0.137 e. The van der Waals surface area contributed by atoms with Gasteiger partial charge >= 0.3 is 0 Å². The van der Waals surface area contributed by atoms with Crippen molar-refractivity contribution in [1.29, 1.82) is 0 Å². The monoisotopic (exact) mass is 1130 g/mol. The molecule has 426 valence electrons. The zero-order chi connectivity index (χ0) is 73.3. The van der Waals surface area contributed by atoms with E-state index in [4.69, 9.17) is 19.3 Å². The fraction of sp³-hybridized carbons (Fsp3) is 0.263. The van der Waals surface area contributed by atoms with E-state index in [9.17, 15) is 12.3 Å². The molecule has 85 heavy (non-hydrogen) atoms. The van der Waals surface area contributed by atoms with Crippen molar-refractivity contribution in [2.45, 2.75) is 130 Å². The lowest BCUT2D eigenvalue weighted by molar-refractivity contribution is 0.332. The van der Waals surface area contributed by atoms with Crippen LogP contribution >= 0.6 is 0 Å². The molecule has 0 fully saturated rings. The summed E-state index contributed by atoms with van der Waals surface area (Å²) in [5, 5.41) is 0.705. The number of hydrogen-bond acceptors (Lipinski definition) is 4. The molecule has 0 unspecified atom stereocenters. The minimum absolute atomic E-state index is 0.0270. The molecule has 13 rings (SSSR count). The molecule has 1 aliphatic heterocycles. The van der Waals surface area contributed by atoms with Crippen molar-refractivity contribution < 1.29 is 26.7 Å². The third-order valence-electron chi connectivity index (χ3n) is 17.2. The summed E-state index contributed by atoms with van der Waals surface area (Å²) in [5.41, 5.74) is 6.27. The minimum atomic E-state index is -0.719. The van der Waals surface area contributed by atoms with Crippen molar-refractivity contribution >= 4 is 44.6 Å². The van der Waals surface area contributed by atoms with Crippen molar-refractivity contribution in [3.8, 4) is 61.8 Å². The van der Waals surface area contributed by atoms with E-state index in [1.165, 1.54) is 6.20 Å². The highest BCUT2D eigenvalue weighted by atomic mass is 16.5. The molecule has 0 bridgehead atoms. The van der Waals surface area contributed by atoms with Crippen LogP contribution in [0.15, 0.2) is 212 Å². The number of nitrogens with zero attached hydrogens (tertiary/aromatic N) is 4. The SMILES string of the molecule is [2H]c1c([2H])c([2H])c(-c2cnc(-n3c4cc(Oc5cccc(N6CN(c7c(-c8c([2H])c([2H])c(-c9ccc(C(C)(C)C)cc9)c([2H])c8[2H])cc(C(C)(C)C)cc7-c7c([2H])c([2H])c8c(c7[2H])C(C)(C)CCC8(C)C)c7ccccc76)c5)ccc4c4c([2H])c([2H])c([2H])c([2H])c43)cc2C(C)(C)C)c([2H])c1[2H]. The summed E-state index contributed by atoms with van der Waals surface area (Å²) < 4.78 is 158. The number of fused-ring (bicyclic) bond motifs is 5. The Hall–Kier alpha value is -8.67. The van der Waals surface area contributed by atoms with Crippen LogP contribution in [0.5, 0.6) is 11.5 Å². The highest BCUT2D eigenvalue weighted by Gasteiger charge is 2.39. The number of anilines is 4. The first kappa shape index (κ1) is 39.8. The molecular formula is C80H80N4O. The number of ether oxygens (including phenoxy) is 1. The van der Waals surface area contributed by atoms with E-state index in [0.717, 1.165) is 29.7 Å². The number of rotatable bonds is 9. The molecule has 0 radical (unpaired) electrons. The first-order valence-corrected chi connectivity index (χ1v) is 29.3. The summed E-state index contributed by atoms with van der Waals surface area (Å²) in [4.78, 5) is 9.01. The summed E-state index contributed by atoms with van der Waals surface area (Å²) in [5.74, 6) is 0.961. The van der Waals surface area contributed by atoms with E-state index in [1.54, 1.807) is 34.9 Å². The first-order chi connectivity index (χ1) is 47.2. The van der Waals surface area contributed by atoms with Gasteiger partial charge in [-0.3, -0.25) is 4.57 Å². The van der Waals surface area contributed by atoms with Crippen LogP contribution in [-0.4, -0.2) is 16.2 Å². The van der Waals surface area contributed by atoms with E-state index in [0.29, 0.717) is 78.4 Å². The zero-order valence-electron chi connectivity index (χ0n) is 66.8. The topological polar surface area (TPSA) is 33.5 Å². The fourth-order valence-corrected chi connectivity index (χ4v) is 12.1. The van der Waals surface area contributed by atoms with Gasteiger partial charge in [-0.05, 0) is 156 Å². The Labute approximate surface area is 527 Å².